The number of hydrogen-bond acceptors (Lipinski definition) is 2. The number of amides is 1. The molecule has 1 aliphatic heterocycles. The van der Waals surface area contributed by atoms with Gasteiger partial charge in [-0.25, -0.2) is 0 Å². The van der Waals surface area contributed by atoms with E-state index < -0.39 is 0 Å². The highest BCUT2D eigenvalue weighted by Gasteiger charge is 2.20. The van der Waals surface area contributed by atoms with Crippen molar-refractivity contribution in [2.45, 2.75) is 32.7 Å². The Bertz CT molecular complexity index is 412. The Kier molecular flexibility index (Phi) is 2.49. The highest BCUT2D eigenvalue weighted by Crippen LogP contribution is 2.30. The van der Waals surface area contributed by atoms with E-state index in [0.29, 0.717) is 6.42 Å². The summed E-state index contributed by atoms with van der Waals surface area (Å²) in [6.45, 7) is 4.08. The van der Waals surface area contributed by atoms with Gasteiger partial charge in [-0.3, -0.25) is 4.79 Å². The lowest BCUT2D eigenvalue weighted by Crippen LogP contribution is -2.09. The van der Waals surface area contributed by atoms with Gasteiger partial charge in [-0.05, 0) is 30.0 Å². The number of rotatable bonds is 2. The number of anilines is 1. The summed E-state index contributed by atoms with van der Waals surface area (Å²) in [4.78, 5) is 11.3. The third-order valence-electron chi connectivity index (χ3n) is 2.92. The number of nitrogens with two attached hydrogens (primary N) is 1. The molecule has 1 aliphatic rings. The van der Waals surface area contributed by atoms with Gasteiger partial charge in [0, 0.05) is 11.7 Å². The van der Waals surface area contributed by atoms with Gasteiger partial charge in [-0.2, -0.15) is 0 Å². The number of nitrogens with one attached hydrogen (secondary N) is 1. The van der Waals surface area contributed by atoms with Crippen molar-refractivity contribution in [3.05, 3.63) is 28.8 Å². The van der Waals surface area contributed by atoms with Crippen molar-refractivity contribution in [2.24, 2.45) is 5.73 Å². The van der Waals surface area contributed by atoms with Gasteiger partial charge in [0.05, 0.1) is 6.42 Å². The number of fused-ring (bicyclic) bond motifs is 1. The molecule has 0 bridgehead atoms. The van der Waals surface area contributed by atoms with Crippen molar-refractivity contribution >= 4 is 11.6 Å². The summed E-state index contributed by atoms with van der Waals surface area (Å²) in [5.74, 6) is 0.0790. The number of benzene rings is 1. The standard InChI is InChI=1S/C12H16N2O/c1-3-10(13)8-4-7(2)12-9(5-8)6-11(15)14-12/h4-5,10H,3,6,13H2,1-2H3,(H,14,15). The Morgan fingerprint density at radius 1 is 1.53 bits per heavy atom. The number of carbonyl (C=O) groups excluding carboxylic acids is 1. The quantitative estimate of drug-likeness (QED) is 0.773. The zero-order valence-electron chi connectivity index (χ0n) is 9.13. The maximum Gasteiger partial charge on any atom is 0.228 e. The van der Waals surface area contributed by atoms with Crippen molar-refractivity contribution < 1.29 is 4.79 Å². The van der Waals surface area contributed by atoms with E-state index in [-0.39, 0.29) is 11.9 Å². The van der Waals surface area contributed by atoms with E-state index in [1.807, 2.05) is 6.92 Å². The number of carbonyl (C=O) groups is 1. The summed E-state index contributed by atoms with van der Waals surface area (Å²) in [5, 5.41) is 2.87. The van der Waals surface area contributed by atoms with E-state index in [0.717, 1.165) is 28.8 Å². The average Bonchev–Trinajstić information content (AvgIpc) is 2.58. The van der Waals surface area contributed by atoms with Crippen LogP contribution in [0.25, 0.3) is 0 Å². The normalized spacial score (nSPS) is 16.1. The smallest absolute Gasteiger partial charge is 0.228 e. The lowest BCUT2D eigenvalue weighted by molar-refractivity contribution is -0.115. The van der Waals surface area contributed by atoms with E-state index >= 15 is 0 Å². The first-order valence-corrected chi connectivity index (χ1v) is 5.30. The molecule has 1 amide bonds. The molecule has 0 spiro atoms. The molecule has 0 saturated heterocycles. The maximum absolute atomic E-state index is 11.3. The molecule has 1 heterocycles. The van der Waals surface area contributed by atoms with Gasteiger partial charge in [0.15, 0.2) is 0 Å². The Morgan fingerprint density at radius 2 is 2.27 bits per heavy atom. The minimum Gasteiger partial charge on any atom is -0.325 e. The number of aryl methyl sites for hydroxylation is 1. The summed E-state index contributed by atoms with van der Waals surface area (Å²) in [6.07, 6.45) is 1.40. The van der Waals surface area contributed by atoms with E-state index in [1.54, 1.807) is 0 Å². The summed E-state index contributed by atoms with van der Waals surface area (Å²) < 4.78 is 0. The zero-order chi connectivity index (χ0) is 11.0. The van der Waals surface area contributed by atoms with E-state index in [2.05, 4.69) is 24.4 Å². The van der Waals surface area contributed by atoms with Crippen molar-refractivity contribution in [1.29, 1.82) is 0 Å². The molecule has 1 unspecified atom stereocenters. The van der Waals surface area contributed by atoms with Crippen LogP contribution in [0.2, 0.25) is 0 Å². The van der Waals surface area contributed by atoms with Crippen LogP contribution in [0.5, 0.6) is 0 Å². The summed E-state index contributed by atoms with van der Waals surface area (Å²) in [5.41, 5.74) is 10.3. The minimum atomic E-state index is 0.0738. The molecule has 80 valence electrons. The molecular formula is C12H16N2O. The predicted octanol–water partition coefficient (Wildman–Crippen LogP) is 1.90. The van der Waals surface area contributed by atoms with Gasteiger partial charge in [-0.1, -0.05) is 19.1 Å². The Balaban J connectivity index is 2.44. The van der Waals surface area contributed by atoms with Crippen LogP contribution < -0.4 is 11.1 Å². The van der Waals surface area contributed by atoms with Crippen molar-refractivity contribution in [1.82, 2.24) is 0 Å². The second-order valence-electron chi connectivity index (χ2n) is 4.11. The molecule has 0 saturated carbocycles. The van der Waals surface area contributed by atoms with Crippen molar-refractivity contribution in [3.63, 3.8) is 0 Å². The monoisotopic (exact) mass is 204 g/mol. The van der Waals surface area contributed by atoms with Crippen LogP contribution in [-0.2, 0) is 11.2 Å². The van der Waals surface area contributed by atoms with E-state index in [1.165, 1.54) is 0 Å². The Morgan fingerprint density at radius 3 is 2.93 bits per heavy atom. The van der Waals surface area contributed by atoms with Gasteiger partial charge >= 0.3 is 0 Å². The van der Waals surface area contributed by atoms with Crippen LogP contribution in [-0.4, -0.2) is 5.91 Å². The first kappa shape index (κ1) is 10.2. The third-order valence-corrected chi connectivity index (χ3v) is 2.92. The summed E-state index contributed by atoms with van der Waals surface area (Å²) in [6, 6.07) is 4.19. The topological polar surface area (TPSA) is 55.1 Å². The molecule has 0 radical (unpaired) electrons. The van der Waals surface area contributed by atoms with E-state index in [9.17, 15) is 4.79 Å². The maximum atomic E-state index is 11.3. The van der Waals surface area contributed by atoms with Crippen LogP contribution in [0.3, 0.4) is 0 Å². The largest absolute Gasteiger partial charge is 0.325 e. The van der Waals surface area contributed by atoms with Gasteiger partial charge in [-0.15, -0.1) is 0 Å². The second-order valence-corrected chi connectivity index (χ2v) is 4.11. The van der Waals surface area contributed by atoms with Crippen LogP contribution in [0, 0.1) is 6.92 Å². The van der Waals surface area contributed by atoms with Crippen LogP contribution in [0.4, 0.5) is 5.69 Å². The number of hydrogen-bond donors (Lipinski definition) is 2. The van der Waals surface area contributed by atoms with Crippen molar-refractivity contribution in [2.75, 3.05) is 5.32 Å². The molecular weight excluding hydrogens is 188 g/mol. The first-order valence-electron chi connectivity index (χ1n) is 5.30. The van der Waals surface area contributed by atoms with Gasteiger partial charge in [0.2, 0.25) is 5.91 Å². The fourth-order valence-corrected chi connectivity index (χ4v) is 2.02. The van der Waals surface area contributed by atoms with Gasteiger partial charge < -0.3 is 11.1 Å². The molecule has 0 aliphatic carbocycles. The average molecular weight is 204 g/mol. The highest BCUT2D eigenvalue weighted by atomic mass is 16.1. The van der Waals surface area contributed by atoms with Crippen LogP contribution >= 0.6 is 0 Å². The van der Waals surface area contributed by atoms with Gasteiger partial charge in [0.25, 0.3) is 0 Å². The third kappa shape index (κ3) is 1.75. The molecule has 1 atom stereocenters. The molecule has 2 rings (SSSR count). The predicted molar refractivity (Wildman–Crippen MR) is 60.7 cm³/mol. The minimum absolute atomic E-state index is 0.0738. The first-order chi connectivity index (χ1) is 7.11. The van der Waals surface area contributed by atoms with E-state index in [4.69, 9.17) is 5.73 Å². The molecule has 0 fully saturated rings. The van der Waals surface area contributed by atoms with Crippen LogP contribution in [0.1, 0.15) is 36.1 Å². The fourth-order valence-electron chi connectivity index (χ4n) is 2.02. The lowest BCUT2D eigenvalue weighted by atomic mass is 9.98. The highest BCUT2D eigenvalue weighted by molar-refractivity contribution is 6.00. The Labute approximate surface area is 89.7 Å². The zero-order valence-corrected chi connectivity index (χ0v) is 9.13. The molecule has 3 nitrogen and oxygen atoms in total. The SMILES string of the molecule is CCC(N)c1cc(C)c2c(c1)CC(=O)N2. The summed E-state index contributed by atoms with van der Waals surface area (Å²) >= 11 is 0. The Hall–Kier alpha value is -1.35. The molecule has 3 heteroatoms. The second kappa shape index (κ2) is 3.66. The van der Waals surface area contributed by atoms with Crippen molar-refractivity contribution in [3.8, 4) is 0 Å². The molecule has 3 N–H and O–H groups in total. The molecule has 1 aromatic carbocycles. The molecule has 0 aromatic heterocycles. The summed E-state index contributed by atoms with van der Waals surface area (Å²) in [7, 11) is 0. The molecule has 15 heavy (non-hydrogen) atoms. The lowest BCUT2D eigenvalue weighted by Gasteiger charge is -2.12. The van der Waals surface area contributed by atoms with Crippen LogP contribution in [0.15, 0.2) is 12.1 Å². The molecule has 1 aromatic rings. The fraction of sp³-hybridized carbons (Fsp3) is 0.417. The van der Waals surface area contributed by atoms with Gasteiger partial charge in [0.1, 0.15) is 0 Å².